The van der Waals surface area contributed by atoms with Crippen molar-refractivity contribution in [2.45, 2.75) is 51.0 Å². The maximum Gasteiger partial charge on any atom is 0.126 e. The highest BCUT2D eigenvalue weighted by Crippen LogP contribution is 2.42. The van der Waals surface area contributed by atoms with Gasteiger partial charge in [0.1, 0.15) is 16.2 Å². The number of aryl methyl sites for hydroxylation is 2. The predicted molar refractivity (Wildman–Crippen MR) is 124 cm³/mol. The minimum atomic E-state index is 0.628. The second-order valence-corrected chi connectivity index (χ2v) is 10.3. The van der Waals surface area contributed by atoms with E-state index in [1.807, 2.05) is 11.8 Å². The zero-order valence-corrected chi connectivity index (χ0v) is 18.6. The molecule has 5 rings (SSSR count). The summed E-state index contributed by atoms with van der Waals surface area (Å²) in [5.41, 5.74) is 6.82. The van der Waals surface area contributed by atoms with Gasteiger partial charge in [0.15, 0.2) is 0 Å². The van der Waals surface area contributed by atoms with E-state index in [2.05, 4.69) is 49.2 Å². The zero-order valence-electron chi connectivity index (χ0n) is 16.9. The molecule has 0 saturated carbocycles. The van der Waals surface area contributed by atoms with Crippen LogP contribution in [0.25, 0.3) is 20.4 Å². The van der Waals surface area contributed by atoms with Crippen molar-refractivity contribution >= 4 is 43.5 Å². The van der Waals surface area contributed by atoms with Gasteiger partial charge in [0.05, 0.1) is 10.2 Å². The topological polar surface area (TPSA) is 38.7 Å². The number of benzene rings is 1. The fourth-order valence-electron chi connectivity index (χ4n) is 4.32. The van der Waals surface area contributed by atoms with Gasteiger partial charge in [-0.1, -0.05) is 44.2 Å². The Morgan fingerprint density at radius 1 is 1.07 bits per heavy atom. The SMILES string of the molecule is CC(C)Cc1nc2sc3c(SCCc4ccccc4)ncnc3c2c2c1CCC2. The first-order valence-corrected chi connectivity index (χ1v) is 12.3. The minimum absolute atomic E-state index is 0.628. The molecule has 0 unspecified atom stereocenters. The van der Waals surface area contributed by atoms with E-state index in [1.165, 1.54) is 45.3 Å². The normalized spacial score (nSPS) is 13.6. The van der Waals surface area contributed by atoms with E-state index in [1.54, 1.807) is 17.7 Å². The second kappa shape index (κ2) is 8.04. The lowest BCUT2D eigenvalue weighted by atomic mass is 9.99. The first-order valence-electron chi connectivity index (χ1n) is 10.4. The second-order valence-electron chi connectivity index (χ2n) is 8.19. The molecule has 0 saturated heterocycles. The fraction of sp³-hybridized carbons (Fsp3) is 0.375. The molecule has 0 atom stereocenters. The van der Waals surface area contributed by atoms with Crippen molar-refractivity contribution in [1.82, 2.24) is 15.0 Å². The molecule has 1 aliphatic rings. The van der Waals surface area contributed by atoms with Gasteiger partial charge >= 0.3 is 0 Å². The van der Waals surface area contributed by atoms with Crippen molar-refractivity contribution in [3.63, 3.8) is 0 Å². The van der Waals surface area contributed by atoms with Crippen LogP contribution in [0.15, 0.2) is 41.7 Å². The number of hydrogen-bond acceptors (Lipinski definition) is 5. The van der Waals surface area contributed by atoms with Crippen molar-refractivity contribution < 1.29 is 0 Å². The van der Waals surface area contributed by atoms with Gasteiger partial charge in [-0.05, 0) is 54.7 Å². The van der Waals surface area contributed by atoms with Crippen LogP contribution in [0, 0.1) is 5.92 Å². The van der Waals surface area contributed by atoms with Crippen LogP contribution in [-0.2, 0) is 25.7 Å². The number of hydrogen-bond donors (Lipinski definition) is 0. The van der Waals surface area contributed by atoms with E-state index < -0.39 is 0 Å². The lowest BCUT2D eigenvalue weighted by Crippen LogP contribution is -2.03. The average molecular weight is 420 g/mol. The first kappa shape index (κ1) is 19.0. The number of nitrogens with zero attached hydrogens (tertiary/aromatic N) is 3. The number of thioether (sulfide) groups is 1. The van der Waals surface area contributed by atoms with Gasteiger partial charge in [-0.3, -0.25) is 0 Å². The molecule has 0 N–H and O–H groups in total. The van der Waals surface area contributed by atoms with E-state index in [-0.39, 0.29) is 0 Å². The Bertz CT molecular complexity index is 1170. The Balaban J connectivity index is 1.53. The van der Waals surface area contributed by atoms with Crippen molar-refractivity contribution in [3.8, 4) is 0 Å². The van der Waals surface area contributed by atoms with Crippen molar-refractivity contribution in [3.05, 3.63) is 59.0 Å². The molecule has 5 heteroatoms. The van der Waals surface area contributed by atoms with Crippen LogP contribution in [-0.4, -0.2) is 20.7 Å². The molecule has 0 radical (unpaired) electrons. The molecule has 29 heavy (non-hydrogen) atoms. The molecule has 0 spiro atoms. The first-order chi connectivity index (χ1) is 14.2. The summed E-state index contributed by atoms with van der Waals surface area (Å²) < 4.78 is 1.21. The lowest BCUT2D eigenvalue weighted by Gasteiger charge is -2.11. The van der Waals surface area contributed by atoms with E-state index in [0.717, 1.165) is 40.4 Å². The maximum absolute atomic E-state index is 5.13. The molecular formula is C24H25N3S2. The van der Waals surface area contributed by atoms with Gasteiger partial charge in [-0.15, -0.1) is 23.1 Å². The molecule has 0 fully saturated rings. The Hall–Kier alpha value is -1.98. The van der Waals surface area contributed by atoms with Crippen LogP contribution < -0.4 is 0 Å². The van der Waals surface area contributed by atoms with Crippen LogP contribution in [0.3, 0.4) is 0 Å². The summed E-state index contributed by atoms with van der Waals surface area (Å²) >= 11 is 3.62. The van der Waals surface area contributed by atoms with E-state index in [4.69, 9.17) is 9.97 Å². The molecule has 0 amide bonds. The molecule has 4 aromatic rings. The molecule has 3 aromatic heterocycles. The summed E-state index contributed by atoms with van der Waals surface area (Å²) in [5, 5.41) is 2.41. The number of fused-ring (bicyclic) bond motifs is 5. The predicted octanol–water partition coefficient (Wildman–Crippen LogP) is 6.26. The van der Waals surface area contributed by atoms with Crippen molar-refractivity contribution in [2.75, 3.05) is 5.75 Å². The van der Waals surface area contributed by atoms with Crippen LogP contribution in [0.4, 0.5) is 0 Å². The third-order valence-corrected chi connectivity index (χ3v) is 7.80. The van der Waals surface area contributed by atoms with Crippen LogP contribution in [0.2, 0.25) is 0 Å². The summed E-state index contributed by atoms with van der Waals surface area (Å²) in [5.74, 6) is 1.65. The van der Waals surface area contributed by atoms with E-state index in [0.29, 0.717) is 5.92 Å². The van der Waals surface area contributed by atoms with Crippen molar-refractivity contribution in [1.29, 1.82) is 0 Å². The Morgan fingerprint density at radius 3 is 2.72 bits per heavy atom. The third kappa shape index (κ3) is 3.66. The van der Waals surface area contributed by atoms with Gasteiger partial charge in [-0.2, -0.15) is 0 Å². The Kier molecular flexibility index (Phi) is 5.27. The number of rotatable bonds is 6. The summed E-state index contributed by atoms with van der Waals surface area (Å²) in [6.45, 7) is 4.57. The molecule has 0 bridgehead atoms. The largest absolute Gasteiger partial charge is 0.242 e. The van der Waals surface area contributed by atoms with Gasteiger partial charge in [0, 0.05) is 16.8 Å². The standard InChI is InChI=1S/C24H25N3S2/c1-15(2)13-19-17-9-6-10-18(17)20-21-22(29-23(20)27-19)24(26-14-25-21)28-12-11-16-7-4-3-5-8-16/h3-5,7-8,14-15H,6,9-13H2,1-2H3. The third-order valence-electron chi connectivity index (χ3n) is 5.60. The zero-order chi connectivity index (χ0) is 19.8. The molecule has 148 valence electrons. The fourth-order valence-corrected chi connectivity index (χ4v) is 6.57. The highest BCUT2D eigenvalue weighted by molar-refractivity contribution is 7.99. The summed E-state index contributed by atoms with van der Waals surface area (Å²) in [4.78, 5) is 15.6. The van der Waals surface area contributed by atoms with Gasteiger partial charge in [-0.25, -0.2) is 15.0 Å². The van der Waals surface area contributed by atoms with E-state index in [9.17, 15) is 0 Å². The minimum Gasteiger partial charge on any atom is -0.242 e. The van der Waals surface area contributed by atoms with Crippen LogP contribution >= 0.6 is 23.1 Å². The quantitative estimate of drug-likeness (QED) is 0.273. The van der Waals surface area contributed by atoms with Gasteiger partial charge < -0.3 is 0 Å². The molecule has 3 heterocycles. The van der Waals surface area contributed by atoms with Crippen molar-refractivity contribution in [2.24, 2.45) is 5.92 Å². The smallest absolute Gasteiger partial charge is 0.126 e. The summed E-state index contributed by atoms with van der Waals surface area (Å²) in [6.07, 6.45) is 7.42. The summed E-state index contributed by atoms with van der Waals surface area (Å²) in [6, 6.07) is 10.7. The molecule has 0 aliphatic heterocycles. The monoisotopic (exact) mass is 419 g/mol. The molecule has 1 aromatic carbocycles. The summed E-state index contributed by atoms with van der Waals surface area (Å²) in [7, 11) is 0. The average Bonchev–Trinajstić information content (AvgIpc) is 3.33. The van der Waals surface area contributed by atoms with Gasteiger partial charge in [0.25, 0.3) is 0 Å². The van der Waals surface area contributed by atoms with Gasteiger partial charge in [0.2, 0.25) is 0 Å². The molecular weight excluding hydrogens is 394 g/mol. The number of thiophene rings is 1. The van der Waals surface area contributed by atoms with Crippen LogP contribution in [0.5, 0.6) is 0 Å². The molecule has 1 aliphatic carbocycles. The maximum atomic E-state index is 5.13. The highest BCUT2D eigenvalue weighted by Gasteiger charge is 2.24. The lowest BCUT2D eigenvalue weighted by molar-refractivity contribution is 0.632. The van der Waals surface area contributed by atoms with E-state index >= 15 is 0 Å². The molecule has 3 nitrogen and oxygen atoms in total. The Morgan fingerprint density at radius 2 is 1.90 bits per heavy atom. The highest BCUT2D eigenvalue weighted by atomic mass is 32.2. The Labute approximate surface area is 180 Å². The number of pyridine rings is 1. The van der Waals surface area contributed by atoms with Crippen LogP contribution in [0.1, 0.15) is 42.7 Å². The number of aromatic nitrogens is 3.